The third-order valence-electron chi connectivity index (χ3n) is 4.75. The predicted molar refractivity (Wildman–Crippen MR) is 106 cm³/mol. The summed E-state index contributed by atoms with van der Waals surface area (Å²) in [6.45, 7) is 4.40. The quantitative estimate of drug-likeness (QED) is 0.248. The van der Waals surface area contributed by atoms with Crippen LogP contribution < -0.4 is 0 Å². The molecule has 0 nitrogen and oxygen atoms in total. The number of rotatable bonds is 13. The molecule has 0 aromatic heterocycles. The smallest absolute Gasteiger partial charge is 0.0476 e. The van der Waals surface area contributed by atoms with Gasteiger partial charge >= 0.3 is 0 Å². The van der Waals surface area contributed by atoms with Gasteiger partial charge in [0.25, 0.3) is 0 Å². The van der Waals surface area contributed by atoms with Crippen LogP contribution in [0.15, 0.2) is 12.1 Å². The average molecular weight is 357 g/mol. The molecule has 0 spiro atoms. The van der Waals surface area contributed by atoms with Crippen molar-refractivity contribution in [3.8, 4) is 0 Å². The highest BCUT2D eigenvalue weighted by molar-refractivity contribution is 6.17. The first kappa shape index (κ1) is 20.8. The first-order valence-electron chi connectivity index (χ1n) is 9.46. The number of benzene rings is 1. The van der Waals surface area contributed by atoms with Gasteiger partial charge in [-0.1, -0.05) is 76.8 Å². The van der Waals surface area contributed by atoms with Gasteiger partial charge in [-0.25, -0.2) is 0 Å². The molecule has 0 bridgehead atoms. The van der Waals surface area contributed by atoms with Crippen LogP contribution in [0.2, 0.25) is 0 Å². The van der Waals surface area contributed by atoms with Gasteiger partial charge in [-0.15, -0.1) is 23.2 Å². The summed E-state index contributed by atoms with van der Waals surface area (Å²) in [7, 11) is 0. The van der Waals surface area contributed by atoms with E-state index in [-0.39, 0.29) is 0 Å². The molecule has 0 N–H and O–H groups in total. The van der Waals surface area contributed by atoms with Crippen LogP contribution in [0.1, 0.15) is 93.4 Å². The summed E-state index contributed by atoms with van der Waals surface area (Å²) in [6, 6.07) is 4.49. The molecule has 132 valence electrons. The Labute approximate surface area is 154 Å². The van der Waals surface area contributed by atoms with Crippen molar-refractivity contribution in [2.24, 2.45) is 0 Å². The van der Waals surface area contributed by atoms with Crippen LogP contribution in [-0.4, -0.2) is 0 Å². The lowest BCUT2D eigenvalue weighted by Gasteiger charge is -2.12. The summed E-state index contributed by atoms with van der Waals surface area (Å²) in [6.07, 6.45) is 15.0. The van der Waals surface area contributed by atoms with Crippen molar-refractivity contribution in [3.05, 3.63) is 34.4 Å². The Morgan fingerprint density at radius 2 is 1.17 bits per heavy atom. The Hall–Kier alpha value is -0.200. The van der Waals surface area contributed by atoms with Crippen molar-refractivity contribution in [3.63, 3.8) is 0 Å². The zero-order valence-corrected chi connectivity index (χ0v) is 16.6. The van der Waals surface area contributed by atoms with Crippen molar-refractivity contribution >= 4 is 23.2 Å². The van der Waals surface area contributed by atoms with E-state index in [1.807, 2.05) is 0 Å². The number of halogens is 2. The largest absolute Gasteiger partial charge is 0.122 e. The fourth-order valence-corrected chi connectivity index (χ4v) is 3.70. The minimum atomic E-state index is 0.597. The average Bonchev–Trinajstić information content (AvgIpc) is 2.57. The highest BCUT2D eigenvalue weighted by Crippen LogP contribution is 2.22. The maximum atomic E-state index is 6.10. The van der Waals surface area contributed by atoms with E-state index in [1.165, 1.54) is 86.5 Å². The van der Waals surface area contributed by atoms with Crippen LogP contribution in [-0.2, 0) is 18.2 Å². The lowest BCUT2D eigenvalue weighted by molar-refractivity contribution is 0.556. The van der Waals surface area contributed by atoms with Crippen LogP contribution in [0, 0.1) is 6.92 Å². The van der Waals surface area contributed by atoms with E-state index in [9.17, 15) is 0 Å². The van der Waals surface area contributed by atoms with E-state index in [1.54, 1.807) is 0 Å². The van der Waals surface area contributed by atoms with E-state index in [0.717, 1.165) is 6.42 Å². The fourth-order valence-electron chi connectivity index (χ4n) is 3.17. The lowest BCUT2D eigenvalue weighted by atomic mass is 9.96. The third kappa shape index (κ3) is 8.45. The number of unbranched alkanes of at least 4 members (excludes halogenated alkanes) is 9. The molecule has 0 saturated heterocycles. The molecule has 0 atom stereocenters. The molecule has 0 radical (unpaired) electrons. The summed E-state index contributed by atoms with van der Waals surface area (Å²) < 4.78 is 0. The molecule has 1 aromatic carbocycles. The van der Waals surface area contributed by atoms with Crippen molar-refractivity contribution < 1.29 is 0 Å². The number of hydrogen-bond acceptors (Lipinski definition) is 0. The Morgan fingerprint density at radius 3 is 1.70 bits per heavy atom. The van der Waals surface area contributed by atoms with Crippen molar-refractivity contribution in [1.29, 1.82) is 0 Å². The summed E-state index contributed by atoms with van der Waals surface area (Å²) in [5, 5.41) is 0. The van der Waals surface area contributed by atoms with Crippen molar-refractivity contribution in [2.45, 2.75) is 96.2 Å². The third-order valence-corrected chi connectivity index (χ3v) is 5.32. The predicted octanol–water partition coefficient (Wildman–Crippen LogP) is 7.94. The second-order valence-electron chi connectivity index (χ2n) is 6.75. The highest BCUT2D eigenvalue weighted by Gasteiger charge is 2.06. The summed E-state index contributed by atoms with van der Waals surface area (Å²) in [5.74, 6) is 1.20. The van der Waals surface area contributed by atoms with Crippen LogP contribution in [0.4, 0.5) is 0 Å². The van der Waals surface area contributed by atoms with E-state index in [2.05, 4.69) is 26.0 Å². The standard InChI is InChI=1S/C21H34Cl2/c1-3-4-5-6-7-8-9-10-11-12-13-19-15-20(16-22)18(2)14-21(19)17-23/h14-15H,3-13,16-17H2,1-2H3. The normalized spacial score (nSPS) is 11.1. The monoisotopic (exact) mass is 356 g/mol. The Morgan fingerprint density at radius 1 is 0.652 bits per heavy atom. The van der Waals surface area contributed by atoms with Crippen LogP contribution >= 0.6 is 23.2 Å². The van der Waals surface area contributed by atoms with Crippen LogP contribution in [0.3, 0.4) is 0 Å². The van der Waals surface area contributed by atoms with Gasteiger partial charge in [0.05, 0.1) is 0 Å². The summed E-state index contributed by atoms with van der Waals surface area (Å²) in [5.41, 5.74) is 5.21. The van der Waals surface area contributed by atoms with E-state index in [0.29, 0.717) is 11.8 Å². The first-order valence-corrected chi connectivity index (χ1v) is 10.5. The molecule has 0 aliphatic heterocycles. The molecule has 1 rings (SSSR count). The maximum Gasteiger partial charge on any atom is 0.0476 e. The second-order valence-corrected chi connectivity index (χ2v) is 7.28. The van der Waals surface area contributed by atoms with Gasteiger partial charge in [0.1, 0.15) is 0 Å². The number of hydrogen-bond donors (Lipinski definition) is 0. The molecule has 0 aliphatic rings. The van der Waals surface area contributed by atoms with Crippen molar-refractivity contribution in [1.82, 2.24) is 0 Å². The van der Waals surface area contributed by atoms with E-state index in [4.69, 9.17) is 23.2 Å². The Bertz CT molecular complexity index is 426. The molecule has 23 heavy (non-hydrogen) atoms. The SMILES string of the molecule is CCCCCCCCCCCCc1cc(CCl)c(C)cc1CCl. The molecule has 0 unspecified atom stereocenters. The van der Waals surface area contributed by atoms with Gasteiger partial charge in [-0.05, 0) is 42.0 Å². The summed E-state index contributed by atoms with van der Waals surface area (Å²) in [4.78, 5) is 0. The molecular weight excluding hydrogens is 323 g/mol. The topological polar surface area (TPSA) is 0 Å². The van der Waals surface area contributed by atoms with E-state index >= 15 is 0 Å². The molecule has 1 aromatic rings. The van der Waals surface area contributed by atoms with Crippen LogP contribution in [0.5, 0.6) is 0 Å². The minimum Gasteiger partial charge on any atom is -0.122 e. The molecule has 2 heteroatoms. The van der Waals surface area contributed by atoms with Crippen LogP contribution in [0.25, 0.3) is 0 Å². The summed E-state index contributed by atoms with van der Waals surface area (Å²) >= 11 is 12.1. The minimum absolute atomic E-state index is 0.597. The van der Waals surface area contributed by atoms with Gasteiger partial charge in [0, 0.05) is 11.8 Å². The van der Waals surface area contributed by atoms with Crippen molar-refractivity contribution in [2.75, 3.05) is 0 Å². The second kappa shape index (κ2) is 13.1. The van der Waals surface area contributed by atoms with Gasteiger partial charge < -0.3 is 0 Å². The molecule has 0 heterocycles. The highest BCUT2D eigenvalue weighted by atomic mass is 35.5. The molecule has 0 fully saturated rings. The number of aryl methyl sites for hydroxylation is 2. The zero-order valence-electron chi connectivity index (χ0n) is 15.1. The zero-order chi connectivity index (χ0) is 16.9. The maximum absolute atomic E-state index is 6.10. The Balaban J connectivity index is 2.20. The van der Waals surface area contributed by atoms with E-state index < -0.39 is 0 Å². The molecule has 0 aliphatic carbocycles. The first-order chi connectivity index (χ1) is 11.2. The molecule has 0 saturated carbocycles. The number of alkyl halides is 2. The Kier molecular flexibility index (Phi) is 11.9. The molecule has 0 amide bonds. The lowest BCUT2D eigenvalue weighted by Crippen LogP contribution is -1.97. The van der Waals surface area contributed by atoms with Gasteiger partial charge in [0.2, 0.25) is 0 Å². The van der Waals surface area contributed by atoms with Gasteiger partial charge in [0.15, 0.2) is 0 Å². The fraction of sp³-hybridized carbons (Fsp3) is 0.714. The molecular formula is C21H34Cl2. The van der Waals surface area contributed by atoms with Gasteiger partial charge in [-0.3, -0.25) is 0 Å². The van der Waals surface area contributed by atoms with Gasteiger partial charge in [-0.2, -0.15) is 0 Å².